The molecule has 0 radical (unpaired) electrons. The first-order chi connectivity index (χ1) is 9.30. The number of fused-ring (bicyclic) bond motifs is 1. The molecule has 1 nitrogen and oxygen atoms in total. The van der Waals surface area contributed by atoms with Crippen molar-refractivity contribution >= 4 is 32.5 Å². The van der Waals surface area contributed by atoms with E-state index in [1.54, 1.807) is 0 Å². The van der Waals surface area contributed by atoms with Crippen molar-refractivity contribution in [2.75, 3.05) is 0 Å². The maximum absolute atomic E-state index is 12.6. The molecule has 2 rings (SSSR count). The van der Waals surface area contributed by atoms with Gasteiger partial charge in [0.1, 0.15) is 0 Å². The van der Waals surface area contributed by atoms with Gasteiger partial charge in [-0.1, -0.05) is 67.9 Å². The molecule has 0 aromatic heterocycles. The first-order valence-corrected chi connectivity index (χ1v) is 7.80. The van der Waals surface area contributed by atoms with E-state index >= 15 is 0 Å². The fourth-order valence-corrected chi connectivity index (χ4v) is 2.68. The van der Waals surface area contributed by atoms with E-state index in [-0.39, 0.29) is 11.2 Å². The van der Waals surface area contributed by atoms with Crippen LogP contribution in [0.25, 0.3) is 10.8 Å². The number of hydrogen-bond donors (Lipinski definition) is 0. The molecule has 0 aliphatic carbocycles. The molecule has 0 aliphatic heterocycles. The summed E-state index contributed by atoms with van der Waals surface area (Å²) in [6, 6.07) is 12.0. The van der Waals surface area contributed by atoms with Crippen LogP contribution in [-0.2, 0) is 0 Å². The van der Waals surface area contributed by atoms with Gasteiger partial charge in [0, 0.05) is 16.5 Å². The van der Waals surface area contributed by atoms with Gasteiger partial charge in [0.2, 0.25) is 0 Å². The Kier molecular flexibility index (Phi) is 4.33. The van der Waals surface area contributed by atoms with Crippen molar-refractivity contribution in [3.63, 3.8) is 0 Å². The van der Waals surface area contributed by atoms with Gasteiger partial charge in [0.25, 0.3) is 0 Å². The highest BCUT2D eigenvalue weighted by Crippen LogP contribution is 2.32. The third-order valence-corrected chi connectivity index (χ3v) is 4.83. The summed E-state index contributed by atoms with van der Waals surface area (Å²) in [5.74, 6) is 0.591. The van der Waals surface area contributed by atoms with Gasteiger partial charge in [-0.3, -0.25) is 4.79 Å². The zero-order chi connectivity index (χ0) is 14.9. The van der Waals surface area contributed by atoms with E-state index in [2.05, 4.69) is 43.6 Å². The third-order valence-electron chi connectivity index (χ3n) is 4.14. The molecular formula is C18H21BrO. The Morgan fingerprint density at radius 2 is 1.70 bits per heavy atom. The van der Waals surface area contributed by atoms with Crippen molar-refractivity contribution < 1.29 is 4.79 Å². The fraction of sp³-hybridized carbons (Fsp3) is 0.389. The fourth-order valence-electron chi connectivity index (χ4n) is 2.20. The monoisotopic (exact) mass is 332 g/mol. The van der Waals surface area contributed by atoms with Crippen molar-refractivity contribution in [2.24, 2.45) is 11.3 Å². The van der Waals surface area contributed by atoms with Crippen LogP contribution >= 0.6 is 15.9 Å². The lowest BCUT2D eigenvalue weighted by atomic mass is 9.78. The molecule has 0 amide bonds. The van der Waals surface area contributed by atoms with Crippen LogP contribution in [0, 0.1) is 11.3 Å². The second kappa shape index (κ2) is 5.69. The minimum absolute atomic E-state index is 0.154. The average Bonchev–Trinajstić information content (AvgIpc) is 2.38. The van der Waals surface area contributed by atoms with E-state index in [1.807, 2.05) is 36.4 Å². The van der Waals surface area contributed by atoms with E-state index in [0.717, 1.165) is 20.8 Å². The maximum Gasteiger partial charge on any atom is 0.163 e. The van der Waals surface area contributed by atoms with Crippen LogP contribution < -0.4 is 0 Å². The smallest absolute Gasteiger partial charge is 0.163 e. The number of hydrogen-bond acceptors (Lipinski definition) is 1. The van der Waals surface area contributed by atoms with Crippen LogP contribution in [-0.4, -0.2) is 5.78 Å². The van der Waals surface area contributed by atoms with Gasteiger partial charge in [-0.05, 0) is 34.2 Å². The molecule has 1 unspecified atom stereocenters. The van der Waals surface area contributed by atoms with Crippen molar-refractivity contribution in [2.45, 2.75) is 34.1 Å². The normalized spacial score (nSPS) is 13.4. The minimum Gasteiger partial charge on any atom is -0.294 e. The number of carbonyl (C=O) groups is 1. The van der Waals surface area contributed by atoms with Crippen molar-refractivity contribution in [1.29, 1.82) is 0 Å². The zero-order valence-corrected chi connectivity index (χ0v) is 14.1. The minimum atomic E-state index is 0.154. The number of benzene rings is 2. The molecule has 0 N–H and O–H groups in total. The molecule has 106 valence electrons. The summed E-state index contributed by atoms with van der Waals surface area (Å²) in [5, 5.41) is 2.13. The molecule has 20 heavy (non-hydrogen) atoms. The number of carbonyl (C=O) groups excluding carboxylic acids is 1. The second-order valence-electron chi connectivity index (χ2n) is 6.53. The summed E-state index contributed by atoms with van der Waals surface area (Å²) in [7, 11) is 0. The van der Waals surface area contributed by atoms with Crippen molar-refractivity contribution in [3.05, 3.63) is 46.4 Å². The van der Waals surface area contributed by atoms with E-state index in [0.29, 0.717) is 12.3 Å². The Morgan fingerprint density at radius 3 is 2.30 bits per heavy atom. The summed E-state index contributed by atoms with van der Waals surface area (Å²) in [5.41, 5.74) is 0.987. The third kappa shape index (κ3) is 3.12. The molecular weight excluding hydrogens is 312 g/mol. The van der Waals surface area contributed by atoms with Gasteiger partial charge in [0.05, 0.1) is 0 Å². The Labute approximate surface area is 129 Å². The molecule has 2 heteroatoms. The molecule has 0 fully saturated rings. The molecule has 2 aromatic carbocycles. The van der Waals surface area contributed by atoms with E-state index in [1.165, 1.54) is 0 Å². The van der Waals surface area contributed by atoms with Gasteiger partial charge in [0.15, 0.2) is 5.78 Å². The highest BCUT2D eigenvalue weighted by Gasteiger charge is 2.23. The predicted molar refractivity (Wildman–Crippen MR) is 89.2 cm³/mol. The van der Waals surface area contributed by atoms with Crippen LogP contribution in [0.3, 0.4) is 0 Å². The van der Waals surface area contributed by atoms with Gasteiger partial charge < -0.3 is 0 Å². The van der Waals surface area contributed by atoms with E-state index < -0.39 is 0 Å². The average molecular weight is 333 g/mol. The summed E-state index contributed by atoms with van der Waals surface area (Å²) < 4.78 is 1.04. The Balaban J connectivity index is 2.39. The highest BCUT2D eigenvalue weighted by atomic mass is 79.9. The number of Topliss-reactive ketones (excluding diaryl/α,β-unsaturated/α-hetero) is 1. The molecule has 0 saturated heterocycles. The largest absolute Gasteiger partial charge is 0.294 e. The Morgan fingerprint density at radius 1 is 1.10 bits per heavy atom. The van der Waals surface area contributed by atoms with E-state index in [4.69, 9.17) is 0 Å². The maximum atomic E-state index is 12.6. The van der Waals surface area contributed by atoms with E-state index in [9.17, 15) is 4.79 Å². The lowest BCUT2D eigenvalue weighted by Gasteiger charge is -2.26. The molecule has 0 heterocycles. The van der Waals surface area contributed by atoms with Crippen LogP contribution in [0.5, 0.6) is 0 Å². The first kappa shape index (κ1) is 15.2. The SMILES string of the molecule is CC(CC(=O)c1ccc(Br)c2ccccc12)C(C)(C)C. The molecule has 1 atom stereocenters. The Bertz CT molecular complexity index is 637. The molecule has 0 aliphatic rings. The molecule has 0 bridgehead atoms. The van der Waals surface area contributed by atoms with Crippen LogP contribution in [0.1, 0.15) is 44.5 Å². The van der Waals surface area contributed by atoms with Crippen molar-refractivity contribution in [1.82, 2.24) is 0 Å². The first-order valence-electron chi connectivity index (χ1n) is 7.01. The summed E-state index contributed by atoms with van der Waals surface area (Å²) in [6.45, 7) is 8.71. The van der Waals surface area contributed by atoms with Crippen molar-refractivity contribution in [3.8, 4) is 0 Å². The predicted octanol–water partition coefficient (Wildman–Crippen LogP) is 5.86. The molecule has 0 spiro atoms. The van der Waals surface area contributed by atoms with Gasteiger partial charge in [-0.15, -0.1) is 0 Å². The summed E-state index contributed by atoms with van der Waals surface area (Å²) in [6.07, 6.45) is 0.592. The molecule has 0 saturated carbocycles. The van der Waals surface area contributed by atoms with Crippen LogP contribution in [0.15, 0.2) is 40.9 Å². The quantitative estimate of drug-likeness (QED) is 0.643. The number of halogens is 1. The second-order valence-corrected chi connectivity index (χ2v) is 7.39. The lowest BCUT2D eigenvalue weighted by Crippen LogP contribution is -2.20. The number of rotatable bonds is 3. The topological polar surface area (TPSA) is 17.1 Å². The summed E-state index contributed by atoms with van der Waals surface area (Å²) >= 11 is 3.55. The summed E-state index contributed by atoms with van der Waals surface area (Å²) in [4.78, 5) is 12.6. The number of ketones is 1. The standard InChI is InChI=1S/C18H21BrO/c1-12(18(2,3)4)11-17(20)15-9-10-16(19)14-8-6-5-7-13(14)15/h5-10,12H,11H2,1-4H3. The van der Waals surface area contributed by atoms with Crippen LogP contribution in [0.2, 0.25) is 0 Å². The lowest BCUT2D eigenvalue weighted by molar-refractivity contribution is 0.0929. The van der Waals surface area contributed by atoms with Gasteiger partial charge >= 0.3 is 0 Å². The Hall–Kier alpha value is -1.15. The molecule has 2 aromatic rings. The highest BCUT2D eigenvalue weighted by molar-refractivity contribution is 9.10. The van der Waals surface area contributed by atoms with Gasteiger partial charge in [-0.25, -0.2) is 0 Å². The zero-order valence-electron chi connectivity index (χ0n) is 12.5. The van der Waals surface area contributed by atoms with Crippen LogP contribution in [0.4, 0.5) is 0 Å². The van der Waals surface area contributed by atoms with Gasteiger partial charge in [-0.2, -0.15) is 0 Å².